The zero-order chi connectivity index (χ0) is 26.0. The molecule has 1 heterocycles. The molecule has 0 aliphatic carbocycles. The van der Waals surface area contributed by atoms with Gasteiger partial charge in [0.2, 0.25) is 5.91 Å². The minimum Gasteiger partial charge on any atom is -0.493 e. The zero-order valence-electron chi connectivity index (χ0n) is 21.4. The minimum atomic E-state index is -0.362. The molecule has 0 fully saturated rings. The molecule has 0 aromatic heterocycles. The third-order valence-electron chi connectivity index (χ3n) is 6.47. The summed E-state index contributed by atoms with van der Waals surface area (Å²) >= 11 is 6.20. The van der Waals surface area contributed by atoms with Crippen LogP contribution in [0.5, 0.6) is 11.5 Å². The highest BCUT2D eigenvalue weighted by molar-refractivity contribution is 6.30. The summed E-state index contributed by atoms with van der Waals surface area (Å²) in [6, 6.07) is 19.1. The fraction of sp³-hybridized carbons (Fsp3) is 0.333. The fourth-order valence-electron chi connectivity index (χ4n) is 4.84. The van der Waals surface area contributed by atoms with E-state index in [-0.39, 0.29) is 36.2 Å². The second-order valence-corrected chi connectivity index (χ2v) is 10.1. The molecule has 0 spiro atoms. The van der Waals surface area contributed by atoms with Crippen molar-refractivity contribution in [2.24, 2.45) is 0 Å². The smallest absolute Gasteiger partial charge is 0.232 e. The van der Waals surface area contributed by atoms with Crippen molar-refractivity contribution in [2.75, 3.05) is 12.0 Å². The van der Waals surface area contributed by atoms with Gasteiger partial charge in [0.25, 0.3) is 0 Å². The van der Waals surface area contributed by atoms with Gasteiger partial charge < -0.3 is 19.2 Å². The van der Waals surface area contributed by atoms with Crippen LogP contribution < -0.4 is 14.4 Å². The van der Waals surface area contributed by atoms with Gasteiger partial charge >= 0.3 is 0 Å². The fourth-order valence-corrected chi connectivity index (χ4v) is 4.97. The number of fused-ring (bicyclic) bond motifs is 1. The van der Waals surface area contributed by atoms with Crippen molar-refractivity contribution in [3.63, 3.8) is 0 Å². The number of halogens is 1. The Morgan fingerprint density at radius 3 is 2.28 bits per heavy atom. The Bertz CT molecular complexity index is 1250. The van der Waals surface area contributed by atoms with Crippen LogP contribution in [0.2, 0.25) is 5.02 Å². The number of methoxy groups -OCH3 is 1. The van der Waals surface area contributed by atoms with Crippen LogP contribution in [0, 0.1) is 0 Å². The largest absolute Gasteiger partial charge is 0.493 e. The number of carbonyl (C=O) groups is 2. The molecule has 5 nitrogen and oxygen atoms in total. The van der Waals surface area contributed by atoms with E-state index in [0.717, 1.165) is 27.9 Å². The van der Waals surface area contributed by atoms with E-state index in [1.807, 2.05) is 86.3 Å². The Kier molecular flexibility index (Phi) is 7.70. The molecule has 0 bridgehead atoms. The van der Waals surface area contributed by atoms with Crippen molar-refractivity contribution in [3.05, 3.63) is 87.9 Å². The van der Waals surface area contributed by atoms with Crippen LogP contribution in [-0.2, 0) is 16.0 Å². The molecule has 1 aliphatic rings. The number of ketones is 1. The van der Waals surface area contributed by atoms with Gasteiger partial charge in [0, 0.05) is 17.1 Å². The van der Waals surface area contributed by atoms with E-state index in [9.17, 15) is 9.59 Å². The molecule has 0 unspecified atom stereocenters. The van der Waals surface area contributed by atoms with Crippen molar-refractivity contribution in [1.29, 1.82) is 0 Å². The van der Waals surface area contributed by atoms with Crippen LogP contribution in [0.3, 0.4) is 0 Å². The van der Waals surface area contributed by atoms with Gasteiger partial charge in [-0.2, -0.15) is 0 Å². The number of carbonyl (C=O) groups excluding carboxylic acids is 2. The Morgan fingerprint density at radius 2 is 1.69 bits per heavy atom. The molecule has 0 N–H and O–H groups in total. The maximum absolute atomic E-state index is 13.6. The predicted molar refractivity (Wildman–Crippen MR) is 143 cm³/mol. The molecule has 188 valence electrons. The van der Waals surface area contributed by atoms with Crippen LogP contribution in [-0.4, -0.2) is 24.9 Å². The molecule has 3 aromatic rings. The van der Waals surface area contributed by atoms with Crippen LogP contribution in [0.15, 0.2) is 60.7 Å². The topological polar surface area (TPSA) is 55.8 Å². The molecular weight excluding hydrogens is 474 g/mol. The molecule has 0 saturated carbocycles. The number of Topliss-reactive ketones (excluding diaryl/α,β-unsaturated/α-hetero) is 1. The summed E-state index contributed by atoms with van der Waals surface area (Å²) < 4.78 is 11.7. The molecule has 2 atom stereocenters. The number of amides is 1. The number of benzene rings is 3. The Labute approximate surface area is 218 Å². The van der Waals surface area contributed by atoms with E-state index in [1.165, 1.54) is 0 Å². The van der Waals surface area contributed by atoms with E-state index < -0.39 is 0 Å². The van der Waals surface area contributed by atoms with Crippen molar-refractivity contribution < 1.29 is 19.1 Å². The maximum Gasteiger partial charge on any atom is 0.232 e. The van der Waals surface area contributed by atoms with E-state index in [0.29, 0.717) is 22.9 Å². The predicted octanol–water partition coefficient (Wildman–Crippen LogP) is 6.90. The molecule has 0 radical (unpaired) electrons. The first-order valence-corrected chi connectivity index (χ1v) is 12.6. The van der Waals surface area contributed by atoms with Gasteiger partial charge in [-0.05, 0) is 85.3 Å². The van der Waals surface area contributed by atoms with E-state index in [1.54, 1.807) is 14.0 Å². The summed E-state index contributed by atoms with van der Waals surface area (Å²) in [5.74, 6) is 1.53. The van der Waals surface area contributed by atoms with Gasteiger partial charge in [-0.1, -0.05) is 42.8 Å². The van der Waals surface area contributed by atoms with Gasteiger partial charge in [0.1, 0.15) is 5.78 Å². The van der Waals surface area contributed by atoms with E-state index in [4.69, 9.17) is 21.1 Å². The monoisotopic (exact) mass is 505 g/mol. The lowest BCUT2D eigenvalue weighted by atomic mass is 9.86. The van der Waals surface area contributed by atoms with Crippen molar-refractivity contribution in [2.45, 2.75) is 58.6 Å². The third kappa shape index (κ3) is 5.41. The highest BCUT2D eigenvalue weighted by Gasteiger charge is 2.36. The van der Waals surface area contributed by atoms with Gasteiger partial charge in [0.05, 0.1) is 25.7 Å². The summed E-state index contributed by atoms with van der Waals surface area (Å²) in [4.78, 5) is 27.0. The standard InChI is InChI=1S/C30H32ClNO4/c1-18(2)36-28-17-26-23(15-27(28)35-5)16-29(34)32(30(26)22-6-10-24(31)11-7-22)25-12-8-21(9-13-25)19(3)14-20(4)33/h6-13,15,17-19,30H,14,16H2,1-5H3/t19-,30+/m1/s1. The average molecular weight is 506 g/mol. The van der Waals surface area contributed by atoms with Crippen molar-refractivity contribution in [3.8, 4) is 11.5 Å². The van der Waals surface area contributed by atoms with Crippen molar-refractivity contribution in [1.82, 2.24) is 0 Å². The number of hydrogen-bond acceptors (Lipinski definition) is 4. The summed E-state index contributed by atoms with van der Waals surface area (Å²) in [6.07, 6.45) is 0.709. The molecule has 0 saturated heterocycles. The quantitative estimate of drug-likeness (QED) is 0.334. The summed E-state index contributed by atoms with van der Waals surface area (Å²) in [7, 11) is 1.61. The highest BCUT2D eigenvalue weighted by atomic mass is 35.5. The minimum absolute atomic E-state index is 0.00781. The second-order valence-electron chi connectivity index (χ2n) is 9.66. The lowest BCUT2D eigenvalue weighted by molar-refractivity contribution is -0.119. The van der Waals surface area contributed by atoms with Gasteiger partial charge in [0.15, 0.2) is 11.5 Å². The van der Waals surface area contributed by atoms with Crippen LogP contribution in [0.1, 0.15) is 68.3 Å². The first-order valence-electron chi connectivity index (χ1n) is 12.2. The normalized spacial score (nSPS) is 16.0. The first-order chi connectivity index (χ1) is 17.2. The molecule has 1 aliphatic heterocycles. The number of anilines is 1. The maximum atomic E-state index is 13.6. The van der Waals surface area contributed by atoms with Crippen molar-refractivity contribution >= 4 is 29.0 Å². The van der Waals surface area contributed by atoms with E-state index >= 15 is 0 Å². The highest BCUT2D eigenvalue weighted by Crippen LogP contribution is 2.44. The number of ether oxygens (including phenoxy) is 2. The van der Waals surface area contributed by atoms with Crippen LogP contribution in [0.4, 0.5) is 5.69 Å². The SMILES string of the molecule is COc1cc2c(cc1OC(C)C)[C@H](c1ccc(Cl)cc1)N(c1ccc([C@H](C)CC(C)=O)cc1)C(=O)C2. The molecule has 1 amide bonds. The van der Waals surface area contributed by atoms with Crippen LogP contribution in [0.25, 0.3) is 0 Å². The van der Waals surface area contributed by atoms with Gasteiger partial charge in [-0.15, -0.1) is 0 Å². The van der Waals surface area contributed by atoms with Gasteiger partial charge in [-0.25, -0.2) is 0 Å². The lowest BCUT2D eigenvalue weighted by Crippen LogP contribution is -2.41. The molecule has 4 rings (SSSR count). The molecule has 36 heavy (non-hydrogen) atoms. The zero-order valence-corrected chi connectivity index (χ0v) is 22.1. The lowest BCUT2D eigenvalue weighted by Gasteiger charge is -2.38. The van der Waals surface area contributed by atoms with Crippen LogP contribution >= 0.6 is 11.6 Å². The Balaban J connectivity index is 1.83. The number of rotatable bonds is 8. The third-order valence-corrected chi connectivity index (χ3v) is 6.72. The Hall–Kier alpha value is -3.31. The second kappa shape index (κ2) is 10.8. The summed E-state index contributed by atoms with van der Waals surface area (Å²) in [5, 5.41) is 0.634. The molecule has 3 aromatic carbocycles. The average Bonchev–Trinajstić information content (AvgIpc) is 2.83. The van der Waals surface area contributed by atoms with Gasteiger partial charge in [-0.3, -0.25) is 4.79 Å². The molecular formula is C30H32ClNO4. The number of nitrogens with zero attached hydrogens (tertiary/aromatic N) is 1. The summed E-state index contributed by atoms with van der Waals surface area (Å²) in [5.41, 5.74) is 4.72. The van der Waals surface area contributed by atoms with E-state index in [2.05, 4.69) is 0 Å². The number of hydrogen-bond donors (Lipinski definition) is 0. The first kappa shape index (κ1) is 25.8. The summed E-state index contributed by atoms with van der Waals surface area (Å²) in [6.45, 7) is 7.59. The Morgan fingerprint density at radius 1 is 1.03 bits per heavy atom. The molecule has 6 heteroatoms.